The summed E-state index contributed by atoms with van der Waals surface area (Å²) in [6, 6.07) is 8.95. The molecule has 0 saturated carbocycles. The predicted octanol–water partition coefficient (Wildman–Crippen LogP) is 3.65. The first-order valence-corrected chi connectivity index (χ1v) is 6.83. The van der Waals surface area contributed by atoms with Gasteiger partial charge in [0, 0.05) is 6.04 Å². The van der Waals surface area contributed by atoms with E-state index in [4.69, 9.17) is 4.74 Å². The Morgan fingerprint density at radius 3 is 2.28 bits per heavy atom. The molecule has 0 bridgehead atoms. The second-order valence-electron chi connectivity index (χ2n) is 5.57. The number of benzene rings is 1. The molecule has 0 aliphatic rings. The molecule has 0 radical (unpaired) electrons. The van der Waals surface area contributed by atoms with E-state index in [1.165, 1.54) is 18.4 Å². The zero-order valence-electron chi connectivity index (χ0n) is 12.4. The van der Waals surface area contributed by atoms with Gasteiger partial charge in [-0.05, 0) is 49.4 Å². The van der Waals surface area contributed by atoms with Crippen LogP contribution < -0.4 is 10.1 Å². The van der Waals surface area contributed by atoms with Crippen LogP contribution in [0.15, 0.2) is 24.3 Å². The van der Waals surface area contributed by atoms with Gasteiger partial charge in [-0.2, -0.15) is 0 Å². The number of ether oxygens (including phenoxy) is 1. The van der Waals surface area contributed by atoms with Gasteiger partial charge in [-0.25, -0.2) is 0 Å². The highest BCUT2D eigenvalue weighted by Crippen LogP contribution is 2.27. The van der Waals surface area contributed by atoms with Gasteiger partial charge in [0.05, 0.1) is 7.11 Å². The van der Waals surface area contributed by atoms with Crippen molar-refractivity contribution >= 4 is 0 Å². The van der Waals surface area contributed by atoms with Crippen LogP contribution in [0, 0.1) is 5.41 Å². The largest absolute Gasteiger partial charge is 0.497 e. The van der Waals surface area contributed by atoms with E-state index in [9.17, 15) is 0 Å². The van der Waals surface area contributed by atoms with Crippen molar-refractivity contribution < 1.29 is 4.74 Å². The van der Waals surface area contributed by atoms with Gasteiger partial charge in [-0.3, -0.25) is 0 Å². The quantitative estimate of drug-likeness (QED) is 0.796. The average Bonchev–Trinajstić information content (AvgIpc) is 2.40. The molecule has 1 N–H and O–H groups in total. The molecule has 1 atom stereocenters. The third kappa shape index (κ3) is 4.02. The minimum atomic E-state index is 0.348. The van der Waals surface area contributed by atoms with Crippen LogP contribution >= 0.6 is 0 Å². The molecule has 0 saturated heterocycles. The third-order valence-corrected chi connectivity index (χ3v) is 4.08. The van der Waals surface area contributed by atoms with Crippen LogP contribution in [0.1, 0.15) is 39.2 Å². The van der Waals surface area contributed by atoms with Crippen molar-refractivity contribution in [2.45, 2.75) is 46.1 Å². The summed E-state index contributed by atoms with van der Waals surface area (Å²) in [5.41, 5.74) is 1.73. The number of rotatable bonds is 7. The molecule has 0 aromatic heterocycles. The summed E-state index contributed by atoms with van der Waals surface area (Å²) < 4.78 is 5.18. The van der Waals surface area contributed by atoms with Gasteiger partial charge < -0.3 is 10.1 Å². The number of aryl methyl sites for hydroxylation is 1. The van der Waals surface area contributed by atoms with Crippen molar-refractivity contribution in [3.05, 3.63) is 29.8 Å². The van der Waals surface area contributed by atoms with Crippen molar-refractivity contribution in [1.82, 2.24) is 5.32 Å². The maximum atomic E-state index is 5.18. The third-order valence-electron chi connectivity index (χ3n) is 4.08. The molecular weight excluding hydrogens is 222 g/mol. The van der Waals surface area contributed by atoms with Gasteiger partial charge >= 0.3 is 0 Å². The molecule has 0 amide bonds. The van der Waals surface area contributed by atoms with Crippen LogP contribution in [-0.4, -0.2) is 20.2 Å². The lowest BCUT2D eigenvalue weighted by atomic mass is 9.79. The van der Waals surface area contributed by atoms with Crippen molar-refractivity contribution in [3.63, 3.8) is 0 Å². The molecule has 2 heteroatoms. The maximum Gasteiger partial charge on any atom is 0.118 e. The van der Waals surface area contributed by atoms with E-state index in [0.717, 1.165) is 12.2 Å². The fourth-order valence-electron chi connectivity index (χ4n) is 2.28. The summed E-state index contributed by atoms with van der Waals surface area (Å²) >= 11 is 0. The van der Waals surface area contributed by atoms with E-state index >= 15 is 0 Å². The standard InChI is InChI=1S/C16H27NO/c1-6-16(2,3)15(17-4)12-9-13-7-10-14(18-5)11-8-13/h7-8,10-11,15,17H,6,9,12H2,1-5H3. The summed E-state index contributed by atoms with van der Waals surface area (Å²) in [6.07, 6.45) is 3.48. The molecular formula is C16H27NO. The molecule has 1 aromatic rings. The first-order valence-electron chi connectivity index (χ1n) is 6.83. The Labute approximate surface area is 112 Å². The Morgan fingerprint density at radius 1 is 1.22 bits per heavy atom. The summed E-state index contributed by atoms with van der Waals surface area (Å²) in [4.78, 5) is 0. The molecule has 18 heavy (non-hydrogen) atoms. The molecule has 0 aliphatic heterocycles. The zero-order valence-corrected chi connectivity index (χ0v) is 12.4. The Morgan fingerprint density at radius 2 is 1.83 bits per heavy atom. The summed E-state index contributed by atoms with van der Waals surface area (Å²) in [5.74, 6) is 0.929. The van der Waals surface area contributed by atoms with Crippen molar-refractivity contribution in [2.75, 3.05) is 14.2 Å². The molecule has 1 aromatic carbocycles. The Balaban J connectivity index is 2.57. The second kappa shape index (κ2) is 6.79. The highest BCUT2D eigenvalue weighted by Gasteiger charge is 2.25. The van der Waals surface area contributed by atoms with Gasteiger partial charge in [0.2, 0.25) is 0 Å². The number of nitrogens with one attached hydrogen (secondary N) is 1. The minimum absolute atomic E-state index is 0.348. The van der Waals surface area contributed by atoms with Gasteiger partial charge in [0.1, 0.15) is 5.75 Å². The van der Waals surface area contributed by atoms with E-state index in [-0.39, 0.29) is 0 Å². The number of hydrogen-bond acceptors (Lipinski definition) is 2. The lowest BCUT2D eigenvalue weighted by Gasteiger charge is -2.33. The summed E-state index contributed by atoms with van der Waals surface area (Å²) in [5, 5.41) is 3.46. The van der Waals surface area contributed by atoms with Crippen molar-refractivity contribution in [3.8, 4) is 5.75 Å². The number of methoxy groups -OCH3 is 1. The lowest BCUT2D eigenvalue weighted by Crippen LogP contribution is -2.39. The molecule has 0 heterocycles. The SMILES string of the molecule is CCC(C)(C)C(CCc1ccc(OC)cc1)NC. The normalized spacial score (nSPS) is 13.4. The van der Waals surface area contributed by atoms with Gasteiger partial charge in [0.25, 0.3) is 0 Å². The molecule has 2 nitrogen and oxygen atoms in total. The van der Waals surface area contributed by atoms with E-state index in [1.807, 2.05) is 12.1 Å². The Hall–Kier alpha value is -1.02. The van der Waals surface area contributed by atoms with Crippen LogP contribution in [0.3, 0.4) is 0 Å². The molecule has 0 fully saturated rings. The fraction of sp³-hybridized carbons (Fsp3) is 0.625. The van der Waals surface area contributed by atoms with E-state index in [0.29, 0.717) is 11.5 Å². The highest BCUT2D eigenvalue weighted by molar-refractivity contribution is 5.27. The van der Waals surface area contributed by atoms with Gasteiger partial charge in [-0.15, -0.1) is 0 Å². The average molecular weight is 249 g/mol. The first kappa shape index (κ1) is 15.0. The van der Waals surface area contributed by atoms with E-state index < -0.39 is 0 Å². The monoisotopic (exact) mass is 249 g/mol. The van der Waals surface area contributed by atoms with Gasteiger partial charge in [0.15, 0.2) is 0 Å². The lowest BCUT2D eigenvalue weighted by molar-refractivity contribution is 0.231. The summed E-state index contributed by atoms with van der Waals surface area (Å²) in [6.45, 7) is 6.93. The van der Waals surface area contributed by atoms with Gasteiger partial charge in [-0.1, -0.05) is 32.9 Å². The molecule has 0 spiro atoms. The van der Waals surface area contributed by atoms with Crippen LogP contribution in [-0.2, 0) is 6.42 Å². The number of hydrogen-bond donors (Lipinski definition) is 1. The van der Waals surface area contributed by atoms with E-state index in [1.54, 1.807) is 7.11 Å². The highest BCUT2D eigenvalue weighted by atomic mass is 16.5. The van der Waals surface area contributed by atoms with Crippen LogP contribution in [0.5, 0.6) is 5.75 Å². The van der Waals surface area contributed by atoms with Crippen LogP contribution in [0.2, 0.25) is 0 Å². The topological polar surface area (TPSA) is 21.3 Å². The zero-order chi connectivity index (χ0) is 13.6. The minimum Gasteiger partial charge on any atom is -0.497 e. The first-order chi connectivity index (χ1) is 8.53. The molecule has 1 unspecified atom stereocenters. The smallest absolute Gasteiger partial charge is 0.118 e. The molecule has 102 valence electrons. The van der Waals surface area contributed by atoms with Crippen molar-refractivity contribution in [2.24, 2.45) is 5.41 Å². The second-order valence-corrected chi connectivity index (χ2v) is 5.57. The van der Waals surface area contributed by atoms with Crippen LogP contribution in [0.4, 0.5) is 0 Å². The van der Waals surface area contributed by atoms with Crippen molar-refractivity contribution in [1.29, 1.82) is 0 Å². The molecule has 0 aliphatic carbocycles. The maximum absolute atomic E-state index is 5.18. The molecule has 1 rings (SSSR count). The Kier molecular flexibility index (Phi) is 5.67. The van der Waals surface area contributed by atoms with Crippen LogP contribution in [0.25, 0.3) is 0 Å². The fourth-order valence-corrected chi connectivity index (χ4v) is 2.28. The Bertz CT molecular complexity index is 343. The summed E-state index contributed by atoms with van der Waals surface area (Å²) in [7, 11) is 3.77. The predicted molar refractivity (Wildman–Crippen MR) is 78.2 cm³/mol. The van der Waals surface area contributed by atoms with E-state index in [2.05, 4.69) is 45.3 Å².